The maximum absolute atomic E-state index is 13.8. The summed E-state index contributed by atoms with van der Waals surface area (Å²) in [6, 6.07) is 51.8. The lowest BCUT2D eigenvalue weighted by atomic mass is 9.92. The third kappa shape index (κ3) is 11.5. The normalized spacial score (nSPS) is 14.1. The van der Waals surface area contributed by atoms with Crippen LogP contribution in [0.1, 0.15) is 45.5 Å². The summed E-state index contributed by atoms with van der Waals surface area (Å²) in [5, 5.41) is 7.53. The molecule has 6 aromatic carbocycles. The fourth-order valence-electron chi connectivity index (χ4n) is 6.83. The second-order valence-electron chi connectivity index (χ2n) is 14.2. The maximum atomic E-state index is 13.8. The number of sulfonamides is 2. The topological polar surface area (TPSA) is 116 Å². The Hall–Kier alpha value is -4.94. The lowest BCUT2D eigenvalue weighted by Gasteiger charge is -2.33. The van der Waals surface area contributed by atoms with Crippen molar-refractivity contribution in [1.82, 2.24) is 20.1 Å². The Bertz CT molecular complexity index is 2140. The van der Waals surface area contributed by atoms with Gasteiger partial charge in [0.1, 0.15) is 0 Å². The first-order valence-corrected chi connectivity index (χ1v) is 21.8. The van der Waals surface area contributed by atoms with Gasteiger partial charge in [-0.3, -0.25) is 0 Å². The van der Waals surface area contributed by atoms with Gasteiger partial charge < -0.3 is 10.6 Å². The van der Waals surface area contributed by atoms with E-state index in [1.165, 1.54) is 0 Å². The van der Waals surface area contributed by atoms with Gasteiger partial charge in [0.15, 0.2) is 0 Å². The van der Waals surface area contributed by atoms with Crippen molar-refractivity contribution in [3.8, 4) is 0 Å². The van der Waals surface area contributed by atoms with E-state index in [1.54, 1.807) is 48.5 Å². The molecule has 4 atom stereocenters. The van der Waals surface area contributed by atoms with Crippen molar-refractivity contribution in [2.75, 3.05) is 13.1 Å². The third-order valence-corrected chi connectivity index (χ3v) is 12.8. The molecule has 0 saturated heterocycles. The molecule has 56 heavy (non-hydrogen) atoms. The molecule has 0 fully saturated rings. The molecule has 0 heterocycles. The summed E-state index contributed by atoms with van der Waals surface area (Å²) in [6.45, 7) is 4.46. The molecule has 8 nitrogen and oxygen atoms in total. The highest BCUT2D eigenvalue weighted by atomic mass is 32.2. The van der Waals surface area contributed by atoms with Crippen LogP contribution in [-0.4, -0.2) is 42.0 Å². The Morgan fingerprint density at radius 2 is 0.714 bits per heavy atom. The number of benzene rings is 6. The molecule has 4 N–H and O–H groups in total. The number of hydrogen-bond donors (Lipinski definition) is 4. The molecule has 0 saturated carbocycles. The van der Waals surface area contributed by atoms with E-state index in [-0.39, 0.29) is 21.9 Å². The zero-order valence-corrected chi connectivity index (χ0v) is 33.4. The fourth-order valence-corrected chi connectivity index (χ4v) is 9.31. The molecular weight excluding hydrogens is 737 g/mol. The Labute approximate surface area is 332 Å². The van der Waals surface area contributed by atoms with Crippen LogP contribution in [-0.2, 0) is 32.9 Å². The molecule has 0 bridgehead atoms. The lowest BCUT2D eigenvalue weighted by Crippen LogP contribution is -2.48. The van der Waals surface area contributed by atoms with Crippen molar-refractivity contribution in [3.63, 3.8) is 0 Å². The van der Waals surface area contributed by atoms with Crippen LogP contribution in [0.4, 0.5) is 0 Å². The van der Waals surface area contributed by atoms with Gasteiger partial charge in [0.2, 0.25) is 20.0 Å². The van der Waals surface area contributed by atoms with Crippen molar-refractivity contribution < 1.29 is 16.8 Å². The quantitative estimate of drug-likeness (QED) is 0.0679. The van der Waals surface area contributed by atoms with E-state index in [2.05, 4.69) is 44.3 Å². The average molecular weight is 787 g/mol. The Balaban J connectivity index is 1.31. The fraction of sp³-hybridized carbons (Fsp3) is 0.217. The second-order valence-corrected chi connectivity index (χ2v) is 17.7. The van der Waals surface area contributed by atoms with Crippen molar-refractivity contribution in [1.29, 1.82) is 0 Å². The van der Waals surface area contributed by atoms with E-state index >= 15 is 0 Å². The Kier molecular flexibility index (Phi) is 14.0. The van der Waals surface area contributed by atoms with E-state index in [9.17, 15) is 16.8 Å². The average Bonchev–Trinajstić information content (AvgIpc) is 3.20. The van der Waals surface area contributed by atoms with Gasteiger partial charge in [0, 0.05) is 25.2 Å². The van der Waals surface area contributed by atoms with E-state index in [0.717, 1.165) is 33.4 Å². The summed E-state index contributed by atoms with van der Waals surface area (Å²) in [7, 11) is -7.69. The number of aryl methyl sites for hydroxylation is 2. The van der Waals surface area contributed by atoms with Crippen LogP contribution >= 0.6 is 0 Å². The molecular formula is C46H50N4O4S2. The largest absolute Gasteiger partial charge is 0.307 e. The maximum Gasteiger partial charge on any atom is 0.240 e. The summed E-state index contributed by atoms with van der Waals surface area (Å²) in [4.78, 5) is 0.421. The molecule has 0 aromatic heterocycles. The van der Waals surface area contributed by atoms with Gasteiger partial charge in [-0.05, 0) is 73.2 Å². The summed E-state index contributed by atoms with van der Waals surface area (Å²) in [5.41, 5.74) is 5.95. The molecule has 0 amide bonds. The van der Waals surface area contributed by atoms with E-state index in [4.69, 9.17) is 0 Å². The van der Waals surface area contributed by atoms with Gasteiger partial charge >= 0.3 is 0 Å². The molecule has 0 spiro atoms. The van der Waals surface area contributed by atoms with E-state index < -0.39 is 32.1 Å². The van der Waals surface area contributed by atoms with Gasteiger partial charge in [0.25, 0.3) is 0 Å². The van der Waals surface area contributed by atoms with Gasteiger partial charge in [-0.2, -0.15) is 0 Å². The van der Waals surface area contributed by atoms with Crippen molar-refractivity contribution >= 4 is 20.0 Å². The monoisotopic (exact) mass is 786 g/mol. The minimum Gasteiger partial charge on any atom is -0.307 e. The smallest absolute Gasteiger partial charge is 0.240 e. The van der Waals surface area contributed by atoms with Crippen molar-refractivity contribution in [2.24, 2.45) is 0 Å². The standard InChI is InChI=1S/C46H50N4O4S2/c1-35-23-27-43(28-24-35)55(51,52)49-41(31-37-15-7-3-8-16-37)33-47-45(39-19-11-5-12-20-39)46(40-21-13-6-14-22-40)48-34-42(32-38-17-9-4-10-18-38)50-56(53,54)44-29-25-36(2)26-30-44/h3-30,41-42,45-50H,31-34H2,1-2H3. The predicted octanol–water partition coefficient (Wildman–Crippen LogP) is 7.44. The zero-order valence-electron chi connectivity index (χ0n) is 31.8. The first-order valence-electron chi connectivity index (χ1n) is 18.9. The molecule has 0 aliphatic rings. The van der Waals surface area contributed by atoms with Crippen LogP contribution in [0.25, 0.3) is 0 Å². The van der Waals surface area contributed by atoms with Gasteiger partial charge in [-0.15, -0.1) is 0 Å². The molecule has 6 aromatic rings. The lowest BCUT2D eigenvalue weighted by molar-refractivity contribution is 0.355. The van der Waals surface area contributed by atoms with E-state index in [1.807, 2.05) is 111 Å². The number of rotatable bonds is 19. The molecule has 290 valence electrons. The van der Waals surface area contributed by atoms with Gasteiger partial charge in [-0.1, -0.05) is 157 Å². The van der Waals surface area contributed by atoms with Gasteiger partial charge in [-0.25, -0.2) is 26.3 Å². The molecule has 10 heteroatoms. The highest BCUT2D eigenvalue weighted by molar-refractivity contribution is 7.89. The highest BCUT2D eigenvalue weighted by Crippen LogP contribution is 2.30. The summed E-state index contributed by atoms with van der Waals surface area (Å²) < 4.78 is 61.1. The van der Waals surface area contributed by atoms with Gasteiger partial charge in [0.05, 0.1) is 21.9 Å². The molecule has 4 unspecified atom stereocenters. The number of nitrogens with one attached hydrogen (secondary N) is 4. The van der Waals surface area contributed by atoms with E-state index in [0.29, 0.717) is 25.9 Å². The predicted molar refractivity (Wildman–Crippen MR) is 225 cm³/mol. The first-order chi connectivity index (χ1) is 27.1. The summed E-state index contributed by atoms with van der Waals surface area (Å²) in [5.74, 6) is 0. The highest BCUT2D eigenvalue weighted by Gasteiger charge is 2.29. The minimum absolute atomic E-state index is 0.210. The Morgan fingerprint density at radius 3 is 1.04 bits per heavy atom. The van der Waals surface area contributed by atoms with Crippen LogP contribution in [0.5, 0.6) is 0 Å². The second kappa shape index (κ2) is 19.3. The zero-order chi connectivity index (χ0) is 39.4. The summed E-state index contributed by atoms with van der Waals surface area (Å²) >= 11 is 0. The molecule has 6 rings (SSSR count). The molecule has 0 aliphatic heterocycles. The first kappa shape index (κ1) is 40.7. The Morgan fingerprint density at radius 1 is 0.411 bits per heavy atom. The number of hydrogen-bond acceptors (Lipinski definition) is 6. The minimum atomic E-state index is -3.85. The van der Waals surface area contributed by atoms with Crippen LogP contribution in [0.2, 0.25) is 0 Å². The van der Waals surface area contributed by atoms with Crippen LogP contribution in [0.3, 0.4) is 0 Å². The SMILES string of the molecule is Cc1ccc(S(=O)(=O)NC(CNC(c2ccccc2)C(NCC(Cc2ccccc2)NS(=O)(=O)c2ccc(C)cc2)c2ccccc2)Cc2ccccc2)cc1. The third-order valence-electron chi connectivity index (χ3n) is 9.78. The van der Waals surface area contributed by atoms with Crippen LogP contribution < -0.4 is 20.1 Å². The van der Waals surface area contributed by atoms with Crippen LogP contribution in [0, 0.1) is 13.8 Å². The molecule has 0 radical (unpaired) electrons. The summed E-state index contributed by atoms with van der Waals surface area (Å²) in [6.07, 6.45) is 0.924. The van der Waals surface area contributed by atoms with Crippen molar-refractivity contribution in [3.05, 3.63) is 203 Å². The van der Waals surface area contributed by atoms with Crippen LogP contribution in [0.15, 0.2) is 180 Å². The van der Waals surface area contributed by atoms with Crippen molar-refractivity contribution in [2.45, 2.75) is 60.6 Å². The molecule has 0 aliphatic carbocycles.